The lowest BCUT2D eigenvalue weighted by atomic mass is 10.1. The maximum absolute atomic E-state index is 8.64. The van der Waals surface area contributed by atoms with Crippen LogP contribution in [0.2, 0.25) is 0 Å². The molecule has 0 fully saturated rings. The fraction of sp³-hybridized carbons (Fsp3) is 0.182. The molecule has 0 saturated carbocycles. The number of aliphatic hydroxyl groups excluding tert-OH is 1. The summed E-state index contributed by atoms with van der Waals surface area (Å²) in [5.41, 5.74) is 3.10. The van der Waals surface area contributed by atoms with Gasteiger partial charge >= 0.3 is 0 Å². The highest BCUT2D eigenvalue weighted by Crippen LogP contribution is 2.17. The van der Waals surface area contributed by atoms with Gasteiger partial charge in [0.2, 0.25) is 0 Å². The van der Waals surface area contributed by atoms with Crippen LogP contribution in [0.4, 0.5) is 0 Å². The van der Waals surface area contributed by atoms with E-state index in [-0.39, 0.29) is 6.61 Å². The first kappa shape index (κ1) is 8.97. The van der Waals surface area contributed by atoms with E-state index >= 15 is 0 Å². The Morgan fingerprint density at radius 1 is 1.50 bits per heavy atom. The van der Waals surface area contributed by atoms with Crippen LogP contribution in [0.1, 0.15) is 11.3 Å². The van der Waals surface area contributed by atoms with Crippen molar-refractivity contribution in [1.82, 2.24) is 10.2 Å². The molecule has 2 aromatic rings. The number of aryl methyl sites for hydroxylation is 1. The van der Waals surface area contributed by atoms with Crippen LogP contribution in [0, 0.1) is 6.92 Å². The smallest absolute Gasteiger partial charge is 0.0929 e. The molecule has 14 heavy (non-hydrogen) atoms. The minimum absolute atomic E-state index is 0.0671. The molecule has 0 amide bonds. The Labute approximate surface area is 82.1 Å². The first-order valence-corrected chi connectivity index (χ1v) is 4.53. The molecule has 0 aliphatic rings. The molecule has 3 nitrogen and oxygen atoms in total. The van der Waals surface area contributed by atoms with Gasteiger partial charge < -0.3 is 5.11 Å². The summed E-state index contributed by atoms with van der Waals surface area (Å²) >= 11 is 0. The Morgan fingerprint density at radius 3 is 3.14 bits per heavy atom. The van der Waals surface area contributed by atoms with E-state index in [0.29, 0.717) is 0 Å². The highest BCUT2D eigenvalue weighted by Gasteiger charge is 1.99. The van der Waals surface area contributed by atoms with Gasteiger partial charge in [0.25, 0.3) is 0 Å². The molecule has 2 N–H and O–H groups in total. The molecule has 0 unspecified atom stereocenters. The normalized spacial score (nSPS) is 11.6. The molecule has 1 aromatic heterocycles. The van der Waals surface area contributed by atoms with Gasteiger partial charge in [-0.05, 0) is 18.6 Å². The number of aromatic amines is 1. The van der Waals surface area contributed by atoms with Crippen LogP contribution in [-0.2, 0) is 0 Å². The van der Waals surface area contributed by atoms with E-state index in [1.54, 1.807) is 6.08 Å². The number of aromatic nitrogens is 2. The van der Waals surface area contributed by atoms with Crippen molar-refractivity contribution in [2.24, 2.45) is 0 Å². The Bertz CT molecular complexity index is 471. The maximum Gasteiger partial charge on any atom is 0.0929 e. The topological polar surface area (TPSA) is 48.9 Å². The predicted octanol–water partition coefficient (Wildman–Crippen LogP) is 1.88. The summed E-state index contributed by atoms with van der Waals surface area (Å²) in [6, 6.07) is 6.03. The highest BCUT2D eigenvalue weighted by atomic mass is 16.2. The fourth-order valence-corrected chi connectivity index (χ4v) is 1.46. The van der Waals surface area contributed by atoms with Gasteiger partial charge in [-0.1, -0.05) is 24.3 Å². The van der Waals surface area contributed by atoms with Gasteiger partial charge in [0, 0.05) is 11.1 Å². The summed E-state index contributed by atoms with van der Waals surface area (Å²) in [6.07, 6.45) is 3.59. The number of nitrogens with one attached hydrogen (secondary N) is 1. The van der Waals surface area contributed by atoms with Gasteiger partial charge in [0.1, 0.15) is 0 Å². The molecule has 1 heterocycles. The van der Waals surface area contributed by atoms with Crippen molar-refractivity contribution in [1.29, 1.82) is 0 Å². The molecule has 0 radical (unpaired) electrons. The van der Waals surface area contributed by atoms with E-state index in [9.17, 15) is 0 Å². The average molecular weight is 188 g/mol. The van der Waals surface area contributed by atoms with Crippen LogP contribution in [0.15, 0.2) is 24.3 Å². The van der Waals surface area contributed by atoms with Crippen molar-refractivity contribution in [3.8, 4) is 0 Å². The highest BCUT2D eigenvalue weighted by molar-refractivity contribution is 5.83. The van der Waals surface area contributed by atoms with Crippen molar-refractivity contribution >= 4 is 17.0 Å². The Morgan fingerprint density at radius 2 is 2.36 bits per heavy atom. The number of hydrogen-bond donors (Lipinski definition) is 2. The summed E-state index contributed by atoms with van der Waals surface area (Å²) in [6.45, 7) is 2.07. The minimum Gasteiger partial charge on any atom is -0.392 e. The first-order chi connectivity index (χ1) is 6.81. The van der Waals surface area contributed by atoms with Gasteiger partial charge in [0.15, 0.2) is 0 Å². The first-order valence-electron chi connectivity index (χ1n) is 4.53. The van der Waals surface area contributed by atoms with Crippen LogP contribution in [0.25, 0.3) is 17.0 Å². The number of nitrogens with zero attached hydrogens (tertiary/aromatic N) is 1. The van der Waals surface area contributed by atoms with Crippen molar-refractivity contribution in [2.75, 3.05) is 6.61 Å². The summed E-state index contributed by atoms with van der Waals surface area (Å²) in [5, 5.41) is 16.9. The number of aliphatic hydroxyl groups is 1. The van der Waals surface area contributed by atoms with E-state index in [4.69, 9.17) is 5.11 Å². The van der Waals surface area contributed by atoms with Crippen molar-refractivity contribution < 1.29 is 5.11 Å². The standard InChI is InChI=1S/C11H12N2O/c1-8-10-5-4-9(3-2-6-14)7-11(10)13-12-8/h2-5,7,14H,6H2,1H3,(H,12,13). The van der Waals surface area contributed by atoms with Crippen molar-refractivity contribution in [3.05, 3.63) is 35.5 Å². The lowest BCUT2D eigenvalue weighted by Crippen LogP contribution is -1.75. The lowest BCUT2D eigenvalue weighted by molar-refractivity contribution is 0.343. The minimum atomic E-state index is 0.0671. The third-order valence-corrected chi connectivity index (χ3v) is 2.19. The van der Waals surface area contributed by atoms with Crippen LogP contribution in [0.5, 0.6) is 0 Å². The largest absolute Gasteiger partial charge is 0.392 e. The van der Waals surface area contributed by atoms with Crippen molar-refractivity contribution in [2.45, 2.75) is 6.92 Å². The molecular weight excluding hydrogens is 176 g/mol. The molecular formula is C11H12N2O. The second kappa shape index (κ2) is 3.64. The molecule has 2 rings (SSSR count). The van der Waals surface area contributed by atoms with E-state index in [1.165, 1.54) is 0 Å². The van der Waals surface area contributed by atoms with Crippen LogP contribution in [-0.4, -0.2) is 21.9 Å². The zero-order valence-corrected chi connectivity index (χ0v) is 7.99. The average Bonchev–Trinajstić information content (AvgIpc) is 2.57. The van der Waals surface area contributed by atoms with E-state index in [1.807, 2.05) is 31.2 Å². The molecule has 0 bridgehead atoms. The Balaban J connectivity index is 2.47. The van der Waals surface area contributed by atoms with Crippen molar-refractivity contribution in [3.63, 3.8) is 0 Å². The zero-order valence-electron chi connectivity index (χ0n) is 7.99. The summed E-state index contributed by atoms with van der Waals surface area (Å²) in [4.78, 5) is 0. The van der Waals surface area contributed by atoms with Gasteiger partial charge in [-0.25, -0.2) is 0 Å². The number of benzene rings is 1. The van der Waals surface area contributed by atoms with Gasteiger partial charge in [-0.2, -0.15) is 5.10 Å². The Hall–Kier alpha value is -1.61. The molecule has 72 valence electrons. The van der Waals surface area contributed by atoms with Crippen LogP contribution >= 0.6 is 0 Å². The molecule has 0 spiro atoms. The summed E-state index contributed by atoms with van der Waals surface area (Å²) in [7, 11) is 0. The SMILES string of the molecule is Cc1[nH]nc2cc(C=CCO)ccc12. The van der Waals surface area contributed by atoms with Crippen LogP contribution in [0.3, 0.4) is 0 Å². The van der Waals surface area contributed by atoms with E-state index in [2.05, 4.69) is 10.2 Å². The molecule has 0 saturated heterocycles. The quantitative estimate of drug-likeness (QED) is 0.756. The monoisotopic (exact) mass is 188 g/mol. The molecule has 0 atom stereocenters. The second-order valence-corrected chi connectivity index (χ2v) is 3.21. The third kappa shape index (κ3) is 1.54. The van der Waals surface area contributed by atoms with Gasteiger partial charge in [0.05, 0.1) is 12.1 Å². The van der Waals surface area contributed by atoms with E-state index in [0.717, 1.165) is 22.2 Å². The third-order valence-electron chi connectivity index (χ3n) is 2.19. The number of H-pyrrole nitrogens is 1. The predicted molar refractivity (Wildman–Crippen MR) is 57.0 cm³/mol. The summed E-state index contributed by atoms with van der Waals surface area (Å²) in [5.74, 6) is 0. The number of hydrogen-bond acceptors (Lipinski definition) is 2. The molecule has 3 heteroatoms. The lowest BCUT2D eigenvalue weighted by Gasteiger charge is -1.93. The van der Waals surface area contributed by atoms with Crippen LogP contribution < -0.4 is 0 Å². The molecule has 0 aliphatic carbocycles. The van der Waals surface area contributed by atoms with Gasteiger partial charge in [-0.3, -0.25) is 5.10 Å². The second-order valence-electron chi connectivity index (χ2n) is 3.21. The van der Waals surface area contributed by atoms with Gasteiger partial charge in [-0.15, -0.1) is 0 Å². The molecule has 1 aromatic carbocycles. The summed E-state index contributed by atoms with van der Waals surface area (Å²) < 4.78 is 0. The number of rotatable bonds is 2. The fourth-order valence-electron chi connectivity index (χ4n) is 1.46. The zero-order chi connectivity index (χ0) is 9.97. The number of fused-ring (bicyclic) bond motifs is 1. The molecule has 0 aliphatic heterocycles. The van der Waals surface area contributed by atoms with E-state index < -0.39 is 0 Å². The maximum atomic E-state index is 8.64. The Kier molecular flexibility index (Phi) is 2.33.